The zero-order valence-corrected chi connectivity index (χ0v) is 14.1. The fourth-order valence-electron chi connectivity index (χ4n) is 3.58. The highest BCUT2D eigenvalue weighted by Gasteiger charge is 2.28. The number of nitriles is 1. The predicted octanol–water partition coefficient (Wildman–Crippen LogP) is 1.79. The summed E-state index contributed by atoms with van der Waals surface area (Å²) in [6.45, 7) is 1.64. The summed E-state index contributed by atoms with van der Waals surface area (Å²) >= 11 is 0. The molecule has 0 aliphatic carbocycles. The summed E-state index contributed by atoms with van der Waals surface area (Å²) in [6, 6.07) is 7.96. The number of hydrogen-bond acceptors (Lipinski definition) is 5. The predicted molar refractivity (Wildman–Crippen MR) is 93.2 cm³/mol. The van der Waals surface area contributed by atoms with Crippen molar-refractivity contribution in [2.45, 2.75) is 19.6 Å². The van der Waals surface area contributed by atoms with Crippen LogP contribution in [0.4, 0.5) is 4.39 Å². The average Bonchev–Trinajstić information content (AvgIpc) is 3.36. The molecule has 0 spiro atoms. The first-order chi connectivity index (χ1) is 13.2. The fourth-order valence-corrected chi connectivity index (χ4v) is 3.58. The van der Waals surface area contributed by atoms with Crippen molar-refractivity contribution in [2.75, 3.05) is 0 Å². The molecule has 3 aromatic rings. The highest BCUT2D eigenvalue weighted by Crippen LogP contribution is 2.31. The van der Waals surface area contributed by atoms with Crippen LogP contribution in [0.15, 0.2) is 30.5 Å². The van der Waals surface area contributed by atoms with Crippen LogP contribution in [0.25, 0.3) is 16.9 Å². The third kappa shape index (κ3) is 2.33. The second-order valence-corrected chi connectivity index (χ2v) is 6.45. The molecule has 0 radical (unpaired) electrons. The van der Waals surface area contributed by atoms with Crippen LogP contribution in [0.3, 0.4) is 0 Å². The summed E-state index contributed by atoms with van der Waals surface area (Å²) in [5, 5.41) is 19.9. The van der Waals surface area contributed by atoms with Gasteiger partial charge in [0.15, 0.2) is 0 Å². The largest absolute Gasteiger partial charge is 0.346 e. The highest BCUT2D eigenvalue weighted by molar-refractivity contribution is 6.01. The van der Waals surface area contributed by atoms with Gasteiger partial charge in [-0.15, -0.1) is 0 Å². The number of rotatable bonds is 2. The zero-order valence-electron chi connectivity index (χ0n) is 14.1. The topological polar surface area (TPSA) is 95.6 Å². The SMILES string of the molecule is N#Cc1cccc(F)c1-c1cc(-n2cc3c(n2)CNC3)c2c(n1)CNC2=O. The Hall–Kier alpha value is -3.57. The van der Waals surface area contributed by atoms with Crippen LogP contribution >= 0.6 is 0 Å². The first-order valence-corrected chi connectivity index (χ1v) is 8.45. The Balaban J connectivity index is 1.77. The average molecular weight is 360 g/mol. The third-order valence-corrected chi connectivity index (χ3v) is 4.84. The molecule has 27 heavy (non-hydrogen) atoms. The summed E-state index contributed by atoms with van der Waals surface area (Å²) in [6.07, 6.45) is 1.87. The number of hydrogen-bond donors (Lipinski definition) is 2. The molecule has 0 bridgehead atoms. The minimum absolute atomic E-state index is 0.129. The van der Waals surface area contributed by atoms with Gasteiger partial charge in [0.2, 0.25) is 0 Å². The van der Waals surface area contributed by atoms with E-state index in [0.29, 0.717) is 35.7 Å². The molecule has 2 aliphatic rings. The van der Waals surface area contributed by atoms with E-state index in [0.717, 1.165) is 11.3 Å². The number of nitrogens with one attached hydrogen (secondary N) is 2. The molecule has 2 aromatic heterocycles. The van der Waals surface area contributed by atoms with E-state index in [1.165, 1.54) is 12.1 Å². The molecule has 0 saturated carbocycles. The Morgan fingerprint density at radius 1 is 1.19 bits per heavy atom. The van der Waals surface area contributed by atoms with Gasteiger partial charge in [-0.25, -0.2) is 14.1 Å². The number of nitrogens with zero attached hydrogens (tertiary/aromatic N) is 4. The van der Waals surface area contributed by atoms with E-state index in [-0.39, 0.29) is 23.6 Å². The lowest BCUT2D eigenvalue weighted by atomic mass is 10.0. The van der Waals surface area contributed by atoms with Crippen LogP contribution in [0.1, 0.15) is 32.9 Å². The van der Waals surface area contributed by atoms with Crippen molar-refractivity contribution in [3.63, 3.8) is 0 Å². The van der Waals surface area contributed by atoms with Gasteiger partial charge in [-0.1, -0.05) is 6.07 Å². The molecule has 2 aliphatic heterocycles. The van der Waals surface area contributed by atoms with E-state index in [1.807, 2.05) is 12.3 Å². The van der Waals surface area contributed by atoms with Crippen LogP contribution < -0.4 is 10.6 Å². The summed E-state index contributed by atoms with van der Waals surface area (Å²) in [5.74, 6) is -0.765. The van der Waals surface area contributed by atoms with Crippen molar-refractivity contribution in [1.29, 1.82) is 5.26 Å². The second-order valence-electron chi connectivity index (χ2n) is 6.45. The monoisotopic (exact) mass is 360 g/mol. The lowest BCUT2D eigenvalue weighted by Gasteiger charge is -2.12. The Labute approximate surface area is 153 Å². The lowest BCUT2D eigenvalue weighted by Crippen LogP contribution is -2.15. The molecule has 7 nitrogen and oxygen atoms in total. The first kappa shape index (κ1) is 15.7. The second kappa shape index (κ2) is 5.72. The van der Waals surface area contributed by atoms with E-state index in [2.05, 4.69) is 20.7 Å². The maximum absolute atomic E-state index is 14.5. The Bertz CT molecular complexity index is 1140. The molecule has 1 aromatic carbocycles. The number of fused-ring (bicyclic) bond motifs is 2. The molecule has 4 heterocycles. The molecule has 5 rings (SSSR count). The maximum Gasteiger partial charge on any atom is 0.255 e. The minimum Gasteiger partial charge on any atom is -0.346 e. The van der Waals surface area contributed by atoms with E-state index in [9.17, 15) is 14.4 Å². The van der Waals surface area contributed by atoms with Gasteiger partial charge in [-0.2, -0.15) is 10.4 Å². The van der Waals surface area contributed by atoms with Crippen molar-refractivity contribution in [1.82, 2.24) is 25.4 Å². The maximum atomic E-state index is 14.5. The van der Waals surface area contributed by atoms with Crippen molar-refractivity contribution in [3.8, 4) is 23.0 Å². The molecule has 8 heteroatoms. The summed E-state index contributed by atoms with van der Waals surface area (Å²) < 4.78 is 16.2. The molecule has 2 N–H and O–H groups in total. The van der Waals surface area contributed by atoms with Crippen LogP contribution in [0, 0.1) is 17.1 Å². The number of carbonyl (C=O) groups is 1. The van der Waals surface area contributed by atoms with Gasteiger partial charge in [0.1, 0.15) is 5.82 Å². The zero-order chi connectivity index (χ0) is 18.5. The van der Waals surface area contributed by atoms with E-state index < -0.39 is 5.82 Å². The Morgan fingerprint density at radius 2 is 2.07 bits per heavy atom. The van der Waals surface area contributed by atoms with Crippen molar-refractivity contribution >= 4 is 5.91 Å². The van der Waals surface area contributed by atoms with Gasteiger partial charge in [0.05, 0.1) is 52.1 Å². The number of halogens is 1. The summed E-state index contributed by atoms with van der Waals surface area (Å²) in [5.41, 5.74) is 4.10. The summed E-state index contributed by atoms with van der Waals surface area (Å²) in [7, 11) is 0. The van der Waals surface area contributed by atoms with Crippen LogP contribution in [0.2, 0.25) is 0 Å². The van der Waals surface area contributed by atoms with Gasteiger partial charge < -0.3 is 10.6 Å². The number of amides is 1. The normalized spacial score (nSPS) is 14.6. The van der Waals surface area contributed by atoms with Gasteiger partial charge in [0, 0.05) is 24.8 Å². The molecule has 1 amide bonds. The third-order valence-electron chi connectivity index (χ3n) is 4.84. The Kier molecular flexibility index (Phi) is 3.32. The Morgan fingerprint density at radius 3 is 2.89 bits per heavy atom. The lowest BCUT2D eigenvalue weighted by molar-refractivity contribution is 0.0965. The fraction of sp³-hybridized carbons (Fsp3) is 0.158. The van der Waals surface area contributed by atoms with E-state index >= 15 is 0 Å². The minimum atomic E-state index is -0.531. The number of aromatic nitrogens is 3. The highest BCUT2D eigenvalue weighted by atomic mass is 19.1. The van der Waals surface area contributed by atoms with Crippen molar-refractivity contribution in [3.05, 3.63) is 64.4 Å². The molecular formula is C19H13FN6O. The van der Waals surface area contributed by atoms with Crippen LogP contribution in [-0.4, -0.2) is 20.7 Å². The van der Waals surface area contributed by atoms with Crippen molar-refractivity contribution in [2.24, 2.45) is 0 Å². The molecular weight excluding hydrogens is 347 g/mol. The van der Waals surface area contributed by atoms with Crippen molar-refractivity contribution < 1.29 is 9.18 Å². The van der Waals surface area contributed by atoms with Gasteiger partial charge in [-0.3, -0.25) is 4.79 Å². The molecule has 0 unspecified atom stereocenters. The van der Waals surface area contributed by atoms with Gasteiger partial charge in [0.25, 0.3) is 5.91 Å². The van der Waals surface area contributed by atoms with Gasteiger partial charge >= 0.3 is 0 Å². The number of pyridine rings is 1. The van der Waals surface area contributed by atoms with Crippen LogP contribution in [-0.2, 0) is 19.6 Å². The van der Waals surface area contributed by atoms with E-state index in [4.69, 9.17) is 0 Å². The van der Waals surface area contributed by atoms with Gasteiger partial charge in [-0.05, 0) is 18.2 Å². The molecule has 0 fully saturated rings. The molecule has 0 saturated heterocycles. The molecule has 132 valence electrons. The first-order valence-electron chi connectivity index (χ1n) is 8.45. The smallest absolute Gasteiger partial charge is 0.255 e. The number of carbonyl (C=O) groups excluding carboxylic acids is 1. The standard InChI is InChI=1S/C19H13FN6O/c20-12-3-1-2-10(5-21)17(12)13-4-16(18-15(24-13)8-23-19(18)27)26-9-11-6-22-7-14(11)25-26/h1-4,9,22H,6-8H2,(H,23,27). The quantitative estimate of drug-likeness (QED) is 0.726. The van der Waals surface area contributed by atoms with E-state index in [1.54, 1.807) is 16.8 Å². The summed E-state index contributed by atoms with van der Waals surface area (Å²) in [4.78, 5) is 16.8. The number of benzene rings is 1. The van der Waals surface area contributed by atoms with Crippen LogP contribution in [0.5, 0.6) is 0 Å². The molecule has 0 atom stereocenters.